The van der Waals surface area contributed by atoms with E-state index < -0.39 is 0 Å². The maximum absolute atomic E-state index is 12.6. The lowest BCUT2D eigenvalue weighted by Crippen LogP contribution is -2.12. The fourth-order valence-corrected chi connectivity index (χ4v) is 4.39. The number of methoxy groups -OCH3 is 1. The SMILES string of the molecule is COc1ccccc1NC(=O)c1ccc(-n2c(O)c3c(c2O)C2C=CC3C2)cc1. The summed E-state index contributed by atoms with van der Waals surface area (Å²) in [6, 6.07) is 13.9. The lowest BCUT2D eigenvalue weighted by molar-refractivity contribution is 0.102. The van der Waals surface area contributed by atoms with Crippen LogP contribution in [0.15, 0.2) is 60.7 Å². The zero-order valence-corrected chi connectivity index (χ0v) is 15.8. The molecule has 0 spiro atoms. The van der Waals surface area contributed by atoms with Crippen molar-refractivity contribution in [2.45, 2.75) is 18.3 Å². The average Bonchev–Trinajstić information content (AvgIpc) is 3.42. The highest BCUT2D eigenvalue weighted by molar-refractivity contribution is 6.05. The van der Waals surface area contributed by atoms with E-state index in [-0.39, 0.29) is 29.5 Å². The molecule has 146 valence electrons. The minimum atomic E-state index is -0.272. The van der Waals surface area contributed by atoms with Gasteiger partial charge in [0.15, 0.2) is 0 Å². The molecule has 3 N–H and O–H groups in total. The molecular weight excluding hydrogens is 368 g/mol. The van der Waals surface area contributed by atoms with E-state index in [0.29, 0.717) is 22.7 Å². The van der Waals surface area contributed by atoms with Gasteiger partial charge in [-0.1, -0.05) is 24.3 Å². The normalized spacial score (nSPS) is 18.7. The molecule has 0 radical (unpaired) electrons. The fourth-order valence-electron chi connectivity index (χ4n) is 4.39. The Balaban J connectivity index is 1.43. The van der Waals surface area contributed by atoms with Crippen molar-refractivity contribution in [1.82, 2.24) is 4.57 Å². The average molecular weight is 388 g/mol. The number of hydrogen-bond donors (Lipinski definition) is 3. The number of carbonyl (C=O) groups is 1. The quantitative estimate of drug-likeness (QED) is 0.582. The predicted octanol–water partition coefficient (Wildman–Crippen LogP) is 4.29. The van der Waals surface area contributed by atoms with Crippen LogP contribution in [-0.4, -0.2) is 27.8 Å². The largest absolute Gasteiger partial charge is 0.495 e. The van der Waals surface area contributed by atoms with Gasteiger partial charge in [-0.15, -0.1) is 0 Å². The molecule has 0 saturated carbocycles. The van der Waals surface area contributed by atoms with E-state index in [9.17, 15) is 15.0 Å². The molecule has 5 rings (SSSR count). The molecule has 2 aliphatic rings. The minimum Gasteiger partial charge on any atom is -0.495 e. The predicted molar refractivity (Wildman–Crippen MR) is 109 cm³/mol. The van der Waals surface area contributed by atoms with E-state index in [1.807, 2.05) is 12.1 Å². The van der Waals surface area contributed by atoms with Crippen molar-refractivity contribution in [2.75, 3.05) is 12.4 Å². The Morgan fingerprint density at radius 3 is 2.24 bits per heavy atom. The molecule has 0 fully saturated rings. The Bertz CT molecular complexity index is 1110. The van der Waals surface area contributed by atoms with Gasteiger partial charge in [-0.3, -0.25) is 9.36 Å². The second kappa shape index (κ2) is 6.44. The van der Waals surface area contributed by atoms with Crippen LogP contribution in [0.1, 0.15) is 39.7 Å². The molecule has 0 aliphatic heterocycles. The number of allylic oxidation sites excluding steroid dienone is 2. The molecule has 2 atom stereocenters. The number of benzene rings is 2. The summed E-state index contributed by atoms with van der Waals surface area (Å²) in [4.78, 5) is 12.6. The van der Waals surface area contributed by atoms with E-state index in [2.05, 4.69) is 17.5 Å². The highest BCUT2D eigenvalue weighted by atomic mass is 16.5. The number of nitrogens with one attached hydrogen (secondary N) is 1. The van der Waals surface area contributed by atoms with Gasteiger partial charge in [-0.05, 0) is 42.8 Å². The molecule has 2 unspecified atom stereocenters. The van der Waals surface area contributed by atoms with Gasteiger partial charge < -0.3 is 20.3 Å². The third kappa shape index (κ3) is 2.60. The van der Waals surface area contributed by atoms with Crippen molar-refractivity contribution in [3.63, 3.8) is 0 Å². The van der Waals surface area contributed by atoms with Crippen LogP contribution in [0, 0.1) is 0 Å². The number of carbonyl (C=O) groups excluding carboxylic acids is 1. The molecule has 29 heavy (non-hydrogen) atoms. The van der Waals surface area contributed by atoms with Crippen LogP contribution in [0.5, 0.6) is 17.5 Å². The molecule has 2 aliphatic carbocycles. The van der Waals surface area contributed by atoms with Gasteiger partial charge in [0.2, 0.25) is 11.8 Å². The van der Waals surface area contributed by atoms with Crippen LogP contribution in [0.2, 0.25) is 0 Å². The van der Waals surface area contributed by atoms with Crippen molar-refractivity contribution in [2.24, 2.45) is 0 Å². The van der Waals surface area contributed by atoms with Gasteiger partial charge in [0, 0.05) is 28.5 Å². The van der Waals surface area contributed by atoms with Crippen molar-refractivity contribution in [3.05, 3.63) is 77.4 Å². The van der Waals surface area contributed by atoms with Crippen LogP contribution in [-0.2, 0) is 0 Å². The second-order valence-corrected chi connectivity index (χ2v) is 7.34. The first-order valence-electron chi connectivity index (χ1n) is 9.48. The summed E-state index contributed by atoms with van der Waals surface area (Å²) in [6.45, 7) is 0. The maximum atomic E-state index is 12.6. The van der Waals surface area contributed by atoms with Gasteiger partial charge in [0.25, 0.3) is 5.91 Å². The number of aromatic nitrogens is 1. The van der Waals surface area contributed by atoms with E-state index in [1.165, 1.54) is 4.57 Å². The first-order valence-corrected chi connectivity index (χ1v) is 9.48. The second-order valence-electron chi connectivity index (χ2n) is 7.34. The van der Waals surface area contributed by atoms with E-state index >= 15 is 0 Å². The van der Waals surface area contributed by atoms with Gasteiger partial charge in [0.1, 0.15) is 5.75 Å². The third-order valence-corrected chi connectivity index (χ3v) is 5.76. The topological polar surface area (TPSA) is 83.7 Å². The first kappa shape index (κ1) is 17.4. The number of amides is 1. The third-order valence-electron chi connectivity index (χ3n) is 5.76. The fraction of sp³-hybridized carbons (Fsp3) is 0.174. The summed E-state index contributed by atoms with van der Waals surface area (Å²) in [5.41, 5.74) is 3.27. The number of nitrogens with zero attached hydrogens (tertiary/aromatic N) is 1. The van der Waals surface area contributed by atoms with Crippen LogP contribution >= 0.6 is 0 Å². The molecule has 6 nitrogen and oxygen atoms in total. The van der Waals surface area contributed by atoms with Crippen LogP contribution in [0.25, 0.3) is 5.69 Å². The van der Waals surface area contributed by atoms with E-state index in [4.69, 9.17) is 4.74 Å². The highest BCUT2D eigenvalue weighted by Gasteiger charge is 2.41. The molecule has 2 aromatic carbocycles. The number of fused-ring (bicyclic) bond motifs is 5. The smallest absolute Gasteiger partial charge is 0.255 e. The number of anilines is 1. The number of para-hydroxylation sites is 2. The Labute approximate surface area is 167 Å². The Morgan fingerprint density at radius 2 is 1.62 bits per heavy atom. The van der Waals surface area contributed by atoms with E-state index in [1.54, 1.807) is 43.5 Å². The summed E-state index contributed by atoms with van der Waals surface area (Å²) in [5, 5.41) is 24.3. The Hall–Kier alpha value is -3.67. The monoisotopic (exact) mass is 388 g/mol. The number of rotatable bonds is 4. The molecule has 6 heteroatoms. The summed E-state index contributed by atoms with van der Waals surface area (Å²) < 4.78 is 6.70. The summed E-state index contributed by atoms with van der Waals surface area (Å²) in [7, 11) is 1.55. The first-order chi connectivity index (χ1) is 14.1. The molecular formula is C23H20N2O4. The van der Waals surface area contributed by atoms with Gasteiger partial charge in [0.05, 0.1) is 18.5 Å². The van der Waals surface area contributed by atoms with E-state index in [0.717, 1.165) is 17.5 Å². The van der Waals surface area contributed by atoms with Gasteiger partial charge in [-0.2, -0.15) is 0 Å². The highest BCUT2D eigenvalue weighted by Crippen LogP contribution is 2.57. The lowest BCUT2D eigenvalue weighted by atomic mass is 10.0. The molecule has 2 bridgehead atoms. The van der Waals surface area contributed by atoms with Gasteiger partial charge >= 0.3 is 0 Å². The van der Waals surface area contributed by atoms with Crippen LogP contribution in [0.4, 0.5) is 5.69 Å². The molecule has 3 aromatic rings. The minimum absolute atomic E-state index is 0.0700. The molecule has 0 saturated heterocycles. The van der Waals surface area contributed by atoms with Crippen molar-refractivity contribution in [3.8, 4) is 23.2 Å². The Morgan fingerprint density at radius 1 is 1.00 bits per heavy atom. The molecule has 1 amide bonds. The molecule has 1 heterocycles. The zero-order chi connectivity index (χ0) is 20.1. The molecule has 1 aromatic heterocycles. The number of ether oxygens (including phenoxy) is 1. The van der Waals surface area contributed by atoms with Crippen LogP contribution in [0.3, 0.4) is 0 Å². The summed E-state index contributed by atoms with van der Waals surface area (Å²) in [6.07, 6.45) is 5.08. The lowest BCUT2D eigenvalue weighted by Gasteiger charge is -2.12. The van der Waals surface area contributed by atoms with Gasteiger partial charge in [-0.25, -0.2) is 0 Å². The van der Waals surface area contributed by atoms with Crippen molar-refractivity contribution in [1.29, 1.82) is 0 Å². The van der Waals surface area contributed by atoms with Crippen molar-refractivity contribution < 1.29 is 19.7 Å². The van der Waals surface area contributed by atoms with Crippen molar-refractivity contribution >= 4 is 11.6 Å². The number of aromatic hydroxyl groups is 2. The van der Waals surface area contributed by atoms with Crippen LogP contribution < -0.4 is 10.1 Å². The Kier molecular flexibility index (Phi) is 3.87. The summed E-state index contributed by atoms with van der Waals surface area (Å²) in [5.74, 6) is 0.770. The standard InChI is InChI=1S/C23H20N2O4/c1-29-18-5-3-2-4-17(18)24-21(26)13-8-10-16(11-9-13)25-22(27)19-14-6-7-15(12-14)20(19)23(25)28/h2-11,14-15,27-28H,12H2,1H3,(H,24,26). The maximum Gasteiger partial charge on any atom is 0.255 e. The summed E-state index contributed by atoms with van der Waals surface area (Å²) >= 11 is 0. The number of hydrogen-bond acceptors (Lipinski definition) is 4. The zero-order valence-electron chi connectivity index (χ0n) is 15.8.